The van der Waals surface area contributed by atoms with Gasteiger partial charge in [-0.25, -0.2) is 9.59 Å². The molecule has 0 heterocycles. The van der Waals surface area contributed by atoms with Crippen LogP contribution in [0.3, 0.4) is 0 Å². The Morgan fingerprint density at radius 2 is 1.88 bits per heavy atom. The van der Waals surface area contributed by atoms with Gasteiger partial charge < -0.3 is 10.2 Å². The highest BCUT2D eigenvalue weighted by molar-refractivity contribution is 6.10. The number of aliphatic carboxylic acids is 1. The van der Waals surface area contributed by atoms with E-state index in [1.165, 1.54) is 6.07 Å². The van der Waals surface area contributed by atoms with E-state index < -0.39 is 11.9 Å². The summed E-state index contributed by atoms with van der Waals surface area (Å²) < 4.78 is 0. The summed E-state index contributed by atoms with van der Waals surface area (Å²) in [6, 6.07) is 4.80. The van der Waals surface area contributed by atoms with Crippen molar-refractivity contribution in [3.05, 3.63) is 34.2 Å². The van der Waals surface area contributed by atoms with Gasteiger partial charge in [-0.1, -0.05) is 18.2 Å². The quantitative estimate of drug-likeness (QED) is 0.743. The number of benzene rings is 1. The monoisotopic (exact) mass is 218 g/mol. The van der Waals surface area contributed by atoms with Crippen LogP contribution in [0.5, 0.6) is 0 Å². The van der Waals surface area contributed by atoms with E-state index in [-0.39, 0.29) is 11.1 Å². The molecule has 0 amide bonds. The van der Waals surface area contributed by atoms with Crippen LogP contribution in [0.25, 0.3) is 11.6 Å². The first-order chi connectivity index (χ1) is 7.61. The van der Waals surface area contributed by atoms with Gasteiger partial charge in [0, 0.05) is 10.8 Å². The van der Waals surface area contributed by atoms with Gasteiger partial charge in [-0.3, -0.25) is 0 Å². The third-order valence-corrected chi connectivity index (χ3v) is 2.65. The van der Waals surface area contributed by atoms with Crippen molar-refractivity contribution in [3.8, 4) is 0 Å². The minimum atomic E-state index is -1.09. The van der Waals surface area contributed by atoms with E-state index in [1.54, 1.807) is 12.1 Å². The van der Waals surface area contributed by atoms with E-state index in [2.05, 4.69) is 0 Å². The minimum Gasteiger partial charge on any atom is -0.478 e. The average Bonchev–Trinajstić information content (AvgIpc) is 2.27. The van der Waals surface area contributed by atoms with Crippen molar-refractivity contribution in [2.75, 3.05) is 0 Å². The molecule has 2 N–H and O–H groups in total. The van der Waals surface area contributed by atoms with E-state index in [9.17, 15) is 9.59 Å². The molecule has 4 heteroatoms. The maximum atomic E-state index is 11.0. The molecule has 4 nitrogen and oxygen atoms in total. The third-order valence-electron chi connectivity index (χ3n) is 2.65. The lowest BCUT2D eigenvalue weighted by atomic mass is 9.96. The maximum Gasteiger partial charge on any atom is 0.336 e. The highest BCUT2D eigenvalue weighted by atomic mass is 16.4. The zero-order valence-electron chi connectivity index (χ0n) is 8.43. The van der Waals surface area contributed by atoms with Crippen LogP contribution in [-0.4, -0.2) is 22.2 Å². The molecule has 1 aliphatic rings. The number of carboxylic acids is 2. The second-order valence-corrected chi connectivity index (χ2v) is 3.60. The second-order valence-electron chi connectivity index (χ2n) is 3.60. The molecule has 82 valence electrons. The lowest BCUT2D eigenvalue weighted by Gasteiger charge is -2.08. The first-order valence-corrected chi connectivity index (χ1v) is 4.90. The van der Waals surface area contributed by atoms with Crippen LogP contribution in [0.15, 0.2) is 18.2 Å². The highest BCUT2D eigenvalue weighted by Crippen LogP contribution is 2.09. The van der Waals surface area contributed by atoms with Gasteiger partial charge in [-0.15, -0.1) is 0 Å². The molecule has 0 fully saturated rings. The van der Waals surface area contributed by atoms with Crippen molar-refractivity contribution in [1.82, 2.24) is 0 Å². The Balaban J connectivity index is 2.94. The number of rotatable bonds is 2. The molecule has 0 bridgehead atoms. The Morgan fingerprint density at radius 3 is 2.50 bits per heavy atom. The van der Waals surface area contributed by atoms with Gasteiger partial charge in [-0.2, -0.15) is 0 Å². The smallest absolute Gasteiger partial charge is 0.336 e. The topological polar surface area (TPSA) is 74.6 Å². The lowest BCUT2D eigenvalue weighted by molar-refractivity contribution is -0.130. The van der Waals surface area contributed by atoms with Gasteiger partial charge in [-0.05, 0) is 24.1 Å². The Kier molecular flexibility index (Phi) is 2.48. The Morgan fingerprint density at radius 1 is 1.12 bits per heavy atom. The predicted octanol–water partition coefficient (Wildman–Crippen LogP) is 0.194. The zero-order chi connectivity index (χ0) is 11.7. The third kappa shape index (κ3) is 1.58. The number of aromatic carboxylic acids is 1. The Hall–Kier alpha value is -2.10. The molecule has 1 aromatic carbocycles. The number of carbonyl (C=O) groups is 2. The number of hydrogen-bond donors (Lipinski definition) is 2. The molecule has 0 saturated carbocycles. The molecular weight excluding hydrogens is 208 g/mol. The van der Waals surface area contributed by atoms with E-state index in [1.807, 2.05) is 6.08 Å². The summed E-state index contributed by atoms with van der Waals surface area (Å²) in [5.41, 5.74) is 0.251. The number of fused-ring (bicyclic) bond motifs is 1. The summed E-state index contributed by atoms with van der Waals surface area (Å²) in [5.74, 6) is -2.13. The van der Waals surface area contributed by atoms with Crippen LogP contribution in [0, 0.1) is 0 Å². The normalized spacial score (nSPS) is 13.9. The maximum absolute atomic E-state index is 11.0. The molecule has 0 saturated heterocycles. The molecule has 0 aliphatic heterocycles. The number of carboxylic acid groups (broad SMARTS) is 2. The summed E-state index contributed by atoms with van der Waals surface area (Å²) in [5, 5.41) is 19.1. The fourth-order valence-corrected chi connectivity index (χ4v) is 1.97. The molecule has 2 rings (SSSR count). The van der Waals surface area contributed by atoms with Gasteiger partial charge in [0.15, 0.2) is 0 Å². The summed E-state index contributed by atoms with van der Waals surface area (Å²) in [6.07, 6.45) is 2.89. The van der Waals surface area contributed by atoms with Crippen molar-refractivity contribution >= 4 is 23.6 Å². The van der Waals surface area contributed by atoms with Crippen LogP contribution < -0.4 is 10.4 Å². The standard InChI is InChI=1S/C12H10O4/c13-11(14)8-5-1-3-7-4-2-6-9(10(7)8)12(15)16/h1,3-5H,2,6H2,(H,13,14)(H,15,16). The van der Waals surface area contributed by atoms with Crippen LogP contribution in [-0.2, 0) is 4.79 Å². The molecular formula is C12H10O4. The molecule has 0 spiro atoms. The zero-order valence-corrected chi connectivity index (χ0v) is 8.43. The van der Waals surface area contributed by atoms with Crippen molar-refractivity contribution < 1.29 is 19.8 Å². The summed E-state index contributed by atoms with van der Waals surface area (Å²) >= 11 is 0. The van der Waals surface area contributed by atoms with E-state index >= 15 is 0 Å². The van der Waals surface area contributed by atoms with E-state index in [4.69, 9.17) is 10.2 Å². The van der Waals surface area contributed by atoms with Gasteiger partial charge in [0.2, 0.25) is 0 Å². The summed E-state index contributed by atoms with van der Waals surface area (Å²) in [4.78, 5) is 22.1. The fraction of sp³-hybridized carbons (Fsp3) is 0.167. The van der Waals surface area contributed by atoms with Crippen LogP contribution in [0.4, 0.5) is 0 Å². The van der Waals surface area contributed by atoms with Crippen molar-refractivity contribution in [3.63, 3.8) is 0 Å². The first-order valence-electron chi connectivity index (χ1n) is 4.90. The minimum absolute atomic E-state index is 0.0610. The van der Waals surface area contributed by atoms with Crippen molar-refractivity contribution in [2.24, 2.45) is 0 Å². The Labute approximate surface area is 91.1 Å². The molecule has 0 radical (unpaired) electrons. The van der Waals surface area contributed by atoms with E-state index in [0.717, 1.165) is 0 Å². The van der Waals surface area contributed by atoms with Crippen LogP contribution in [0.2, 0.25) is 0 Å². The summed E-state index contributed by atoms with van der Waals surface area (Å²) in [7, 11) is 0. The van der Waals surface area contributed by atoms with Gasteiger partial charge in [0.25, 0.3) is 0 Å². The number of hydrogen-bond acceptors (Lipinski definition) is 2. The van der Waals surface area contributed by atoms with Gasteiger partial charge in [0.1, 0.15) is 0 Å². The fourth-order valence-electron chi connectivity index (χ4n) is 1.97. The second kappa shape index (κ2) is 3.81. The van der Waals surface area contributed by atoms with Crippen molar-refractivity contribution in [2.45, 2.75) is 12.8 Å². The Bertz CT molecular complexity index is 584. The molecule has 16 heavy (non-hydrogen) atoms. The molecule has 1 aliphatic carbocycles. The molecule has 1 aromatic rings. The molecule has 0 atom stereocenters. The highest BCUT2D eigenvalue weighted by Gasteiger charge is 2.16. The van der Waals surface area contributed by atoms with Gasteiger partial charge in [0.05, 0.1) is 5.56 Å². The SMILES string of the molecule is O=C(O)C1=c2c(C(=O)O)cccc2=CCC1. The van der Waals surface area contributed by atoms with Crippen LogP contribution in [0.1, 0.15) is 23.2 Å². The average molecular weight is 218 g/mol. The lowest BCUT2D eigenvalue weighted by Crippen LogP contribution is -2.36. The summed E-state index contributed by atoms with van der Waals surface area (Å²) in [6.45, 7) is 0. The van der Waals surface area contributed by atoms with E-state index in [0.29, 0.717) is 23.3 Å². The predicted molar refractivity (Wildman–Crippen MR) is 57.4 cm³/mol. The van der Waals surface area contributed by atoms with Crippen molar-refractivity contribution in [1.29, 1.82) is 0 Å². The van der Waals surface area contributed by atoms with Crippen LogP contribution >= 0.6 is 0 Å². The van der Waals surface area contributed by atoms with Gasteiger partial charge >= 0.3 is 11.9 Å². The molecule has 0 aromatic heterocycles. The largest absolute Gasteiger partial charge is 0.478 e. The first kappa shape index (κ1) is 10.4. The molecule has 0 unspecified atom stereocenters.